The summed E-state index contributed by atoms with van der Waals surface area (Å²) >= 11 is 0. The first-order chi connectivity index (χ1) is 5.13. The van der Waals surface area contributed by atoms with Crippen LogP contribution in [0, 0.1) is 17.2 Å². The number of aliphatic hydroxyl groups excluding tert-OH is 1. The molecular weight excluding hydrogens is 142 g/mol. The van der Waals surface area contributed by atoms with E-state index in [2.05, 4.69) is 0 Å². The van der Waals surface area contributed by atoms with Gasteiger partial charge in [-0.1, -0.05) is 0 Å². The summed E-state index contributed by atoms with van der Waals surface area (Å²) in [7, 11) is 0. The Morgan fingerprint density at radius 3 is 2.55 bits per heavy atom. The molecule has 1 fully saturated rings. The van der Waals surface area contributed by atoms with Crippen LogP contribution in [-0.2, 0) is 4.79 Å². The first kappa shape index (κ1) is 6.58. The summed E-state index contributed by atoms with van der Waals surface area (Å²) in [5, 5.41) is 16.8. The van der Waals surface area contributed by atoms with Crippen LogP contribution in [0.5, 0.6) is 0 Å². The van der Waals surface area contributed by atoms with Crippen molar-refractivity contribution in [2.45, 2.75) is 13.3 Å². The predicted octanol–water partition coefficient (Wildman–Crippen LogP) is 1.06. The van der Waals surface area contributed by atoms with Crippen LogP contribution in [0.2, 0.25) is 0 Å². The maximum absolute atomic E-state index is 10.9. The number of nitrogens with one attached hydrogen (secondary N) is 1. The zero-order chi connectivity index (χ0) is 8.17. The van der Waals surface area contributed by atoms with Gasteiger partial charge in [-0.25, -0.2) is 0 Å². The standard InChI is InChI=1S/C8H9NO2/c1-3(10)6-7(9)4-2-5(4)8(6)11/h4-5,9,11H,2H2,1H3. The van der Waals surface area contributed by atoms with E-state index < -0.39 is 0 Å². The fourth-order valence-corrected chi connectivity index (χ4v) is 1.70. The van der Waals surface area contributed by atoms with Crippen molar-refractivity contribution in [2.75, 3.05) is 0 Å². The minimum absolute atomic E-state index is 0.112. The van der Waals surface area contributed by atoms with Crippen molar-refractivity contribution in [1.29, 1.82) is 5.41 Å². The minimum Gasteiger partial charge on any atom is -0.511 e. The maximum Gasteiger partial charge on any atom is 0.165 e. The topological polar surface area (TPSA) is 61.1 Å². The van der Waals surface area contributed by atoms with Gasteiger partial charge in [-0.3, -0.25) is 4.79 Å². The lowest BCUT2D eigenvalue weighted by molar-refractivity contribution is -0.113. The molecule has 1 saturated carbocycles. The van der Waals surface area contributed by atoms with Gasteiger partial charge in [0.1, 0.15) is 5.76 Å². The molecule has 0 aromatic heterocycles. The highest BCUT2D eigenvalue weighted by molar-refractivity contribution is 6.24. The van der Waals surface area contributed by atoms with E-state index in [0.29, 0.717) is 5.71 Å². The monoisotopic (exact) mass is 151 g/mol. The second kappa shape index (κ2) is 1.72. The molecule has 2 rings (SSSR count). The number of ketones is 1. The largest absolute Gasteiger partial charge is 0.511 e. The molecule has 2 aliphatic carbocycles. The molecular formula is C8H9NO2. The van der Waals surface area contributed by atoms with E-state index in [9.17, 15) is 9.90 Å². The summed E-state index contributed by atoms with van der Waals surface area (Å²) in [6.07, 6.45) is 0.863. The van der Waals surface area contributed by atoms with E-state index in [-0.39, 0.29) is 29.0 Å². The van der Waals surface area contributed by atoms with Gasteiger partial charge in [-0.05, 0) is 13.3 Å². The number of carbonyl (C=O) groups excluding carboxylic acids is 1. The van der Waals surface area contributed by atoms with Crippen LogP contribution in [0.25, 0.3) is 0 Å². The first-order valence-corrected chi connectivity index (χ1v) is 3.65. The zero-order valence-electron chi connectivity index (χ0n) is 6.22. The fourth-order valence-electron chi connectivity index (χ4n) is 1.70. The number of aliphatic hydroxyl groups is 1. The molecule has 0 heterocycles. The van der Waals surface area contributed by atoms with Gasteiger partial charge in [0.15, 0.2) is 5.78 Å². The third-order valence-electron chi connectivity index (χ3n) is 2.39. The van der Waals surface area contributed by atoms with E-state index in [4.69, 9.17) is 5.41 Å². The second-order valence-corrected chi connectivity index (χ2v) is 3.18. The molecule has 0 aliphatic heterocycles. The molecule has 3 nitrogen and oxygen atoms in total. The summed E-state index contributed by atoms with van der Waals surface area (Å²) in [6.45, 7) is 1.39. The highest BCUT2D eigenvalue weighted by atomic mass is 16.3. The number of allylic oxidation sites excluding steroid dienone is 2. The van der Waals surface area contributed by atoms with E-state index in [1.165, 1.54) is 6.92 Å². The smallest absolute Gasteiger partial charge is 0.165 e. The van der Waals surface area contributed by atoms with Gasteiger partial charge in [-0.2, -0.15) is 0 Å². The number of fused-ring (bicyclic) bond motifs is 1. The normalized spacial score (nSPS) is 34.1. The van der Waals surface area contributed by atoms with Crippen LogP contribution >= 0.6 is 0 Å². The highest BCUT2D eigenvalue weighted by Gasteiger charge is 2.52. The van der Waals surface area contributed by atoms with Gasteiger partial charge in [0.2, 0.25) is 0 Å². The van der Waals surface area contributed by atoms with Gasteiger partial charge in [0.25, 0.3) is 0 Å². The molecule has 0 saturated heterocycles. The molecule has 0 aromatic carbocycles. The quantitative estimate of drug-likeness (QED) is 0.588. The molecule has 3 heteroatoms. The Morgan fingerprint density at radius 1 is 1.64 bits per heavy atom. The summed E-state index contributed by atoms with van der Waals surface area (Å²) in [5.74, 6) is 0.252. The fraction of sp³-hybridized carbons (Fsp3) is 0.500. The van der Waals surface area contributed by atoms with Gasteiger partial charge < -0.3 is 10.5 Å². The molecule has 2 N–H and O–H groups in total. The number of rotatable bonds is 1. The molecule has 2 atom stereocenters. The molecule has 0 aromatic rings. The second-order valence-electron chi connectivity index (χ2n) is 3.18. The summed E-state index contributed by atoms with van der Waals surface area (Å²) in [4.78, 5) is 10.9. The van der Waals surface area contributed by atoms with Gasteiger partial charge in [0.05, 0.1) is 5.57 Å². The number of hydrogen-bond acceptors (Lipinski definition) is 3. The number of carbonyl (C=O) groups is 1. The Hall–Kier alpha value is -1.12. The first-order valence-electron chi connectivity index (χ1n) is 3.65. The van der Waals surface area contributed by atoms with Crippen LogP contribution in [0.15, 0.2) is 11.3 Å². The van der Waals surface area contributed by atoms with E-state index >= 15 is 0 Å². The lowest BCUT2D eigenvalue weighted by Gasteiger charge is -1.99. The Bertz CT molecular complexity index is 290. The Morgan fingerprint density at radius 2 is 2.27 bits per heavy atom. The maximum atomic E-state index is 10.9. The highest BCUT2D eigenvalue weighted by Crippen LogP contribution is 2.51. The summed E-state index contributed by atoms with van der Waals surface area (Å²) in [5.41, 5.74) is 0.617. The number of hydrogen-bond donors (Lipinski definition) is 2. The Kier molecular flexibility index (Phi) is 1.03. The van der Waals surface area contributed by atoms with E-state index in [0.717, 1.165) is 6.42 Å². The third kappa shape index (κ3) is 0.679. The zero-order valence-corrected chi connectivity index (χ0v) is 6.22. The summed E-state index contributed by atoms with van der Waals surface area (Å²) < 4.78 is 0. The van der Waals surface area contributed by atoms with Crippen LogP contribution in [-0.4, -0.2) is 16.6 Å². The number of Topliss-reactive ketones (excluding diaryl/α,β-unsaturated/α-hetero) is 1. The van der Waals surface area contributed by atoms with Crippen LogP contribution < -0.4 is 0 Å². The Balaban J connectivity index is 2.44. The van der Waals surface area contributed by atoms with Crippen molar-refractivity contribution >= 4 is 11.5 Å². The lowest BCUT2D eigenvalue weighted by Crippen LogP contribution is -2.09. The molecule has 0 bridgehead atoms. The molecule has 0 amide bonds. The van der Waals surface area contributed by atoms with Crippen LogP contribution in [0.4, 0.5) is 0 Å². The van der Waals surface area contributed by atoms with Crippen LogP contribution in [0.3, 0.4) is 0 Å². The average Bonchev–Trinajstić information content (AvgIpc) is 2.59. The van der Waals surface area contributed by atoms with Crippen molar-refractivity contribution in [1.82, 2.24) is 0 Å². The third-order valence-corrected chi connectivity index (χ3v) is 2.39. The minimum atomic E-state index is -0.181. The van der Waals surface area contributed by atoms with Crippen molar-refractivity contribution in [3.8, 4) is 0 Å². The lowest BCUT2D eigenvalue weighted by atomic mass is 10.1. The molecule has 2 aliphatic rings. The average molecular weight is 151 g/mol. The predicted molar refractivity (Wildman–Crippen MR) is 39.7 cm³/mol. The molecule has 11 heavy (non-hydrogen) atoms. The van der Waals surface area contributed by atoms with Gasteiger partial charge >= 0.3 is 0 Å². The van der Waals surface area contributed by atoms with Crippen LogP contribution in [0.1, 0.15) is 13.3 Å². The Labute approximate surface area is 64.2 Å². The van der Waals surface area contributed by atoms with Crippen molar-refractivity contribution in [3.63, 3.8) is 0 Å². The summed E-state index contributed by atoms with van der Waals surface area (Å²) in [6, 6.07) is 0. The molecule has 0 radical (unpaired) electrons. The van der Waals surface area contributed by atoms with Crippen molar-refractivity contribution in [3.05, 3.63) is 11.3 Å². The van der Waals surface area contributed by atoms with Gasteiger partial charge in [0, 0.05) is 17.5 Å². The van der Waals surface area contributed by atoms with Crippen molar-refractivity contribution in [2.24, 2.45) is 11.8 Å². The SMILES string of the molecule is CC(=O)C1=C(O)C2CC2C1=N. The molecule has 0 spiro atoms. The molecule has 58 valence electrons. The molecule has 2 unspecified atom stereocenters. The van der Waals surface area contributed by atoms with Gasteiger partial charge in [-0.15, -0.1) is 0 Å². The van der Waals surface area contributed by atoms with E-state index in [1.807, 2.05) is 0 Å². The van der Waals surface area contributed by atoms with Crippen molar-refractivity contribution < 1.29 is 9.90 Å². The van der Waals surface area contributed by atoms with E-state index in [1.54, 1.807) is 0 Å².